The van der Waals surface area contributed by atoms with Gasteiger partial charge in [-0.2, -0.15) is 17.2 Å². The molecule has 1 aliphatic rings. The average Bonchev–Trinajstić information content (AvgIpc) is 3.79. The molecule has 0 radical (unpaired) electrons. The maximum absolute atomic E-state index is 6.21. The number of pyridine rings is 1. The number of hydrogen-bond acceptors (Lipinski definition) is 5. The quantitative estimate of drug-likeness (QED) is 0.160. The molecule has 6 nitrogen and oxygen atoms in total. The molecule has 0 aliphatic heterocycles. The largest absolute Gasteiger partial charge is 2.00 e. The van der Waals surface area contributed by atoms with Crippen LogP contribution in [-0.2, 0) is 26.5 Å². The summed E-state index contributed by atoms with van der Waals surface area (Å²) in [5, 5.41) is 8.73. The fraction of sp³-hybridized carbons (Fsp3) is 0.0789. The number of hydrogen-bond donors (Lipinski definition) is 0. The van der Waals surface area contributed by atoms with E-state index in [4.69, 9.17) is 14.1 Å². The third-order valence-electron chi connectivity index (χ3n) is 8.33. The minimum absolute atomic E-state index is 0. The predicted octanol–water partition coefficient (Wildman–Crippen LogP) is 8.29. The van der Waals surface area contributed by atoms with E-state index in [-0.39, 0.29) is 27.0 Å². The summed E-state index contributed by atoms with van der Waals surface area (Å²) in [7, 11) is 0. The molecule has 1 aliphatic carbocycles. The predicted molar refractivity (Wildman–Crippen MR) is 168 cm³/mol. The first-order valence-corrected chi connectivity index (χ1v) is 14.4. The summed E-state index contributed by atoms with van der Waals surface area (Å²) in [6, 6.07) is 42.0. The van der Waals surface area contributed by atoms with Gasteiger partial charge in [0.15, 0.2) is 0 Å². The Morgan fingerprint density at radius 2 is 1.44 bits per heavy atom. The van der Waals surface area contributed by atoms with Gasteiger partial charge >= 0.3 is 21.1 Å². The molecule has 0 bridgehead atoms. The molecule has 45 heavy (non-hydrogen) atoms. The van der Waals surface area contributed by atoms with Crippen LogP contribution in [0.25, 0.3) is 28.1 Å². The van der Waals surface area contributed by atoms with Crippen LogP contribution >= 0.6 is 0 Å². The van der Waals surface area contributed by atoms with Crippen molar-refractivity contribution in [2.24, 2.45) is 0 Å². The van der Waals surface area contributed by atoms with E-state index in [1.54, 1.807) is 10.9 Å². The summed E-state index contributed by atoms with van der Waals surface area (Å²) < 4.78 is 13.8. The first kappa shape index (κ1) is 28.7. The molecular formula is C38H26N4O2Pt. The zero-order valence-corrected chi connectivity index (χ0v) is 26.7. The fourth-order valence-electron chi connectivity index (χ4n) is 6.47. The molecule has 0 N–H and O–H groups in total. The molecule has 0 atom stereocenters. The van der Waals surface area contributed by atoms with Crippen LogP contribution in [0.1, 0.15) is 33.5 Å². The molecule has 0 saturated heterocycles. The van der Waals surface area contributed by atoms with Crippen molar-refractivity contribution in [3.8, 4) is 39.8 Å². The van der Waals surface area contributed by atoms with Crippen LogP contribution in [0.15, 0.2) is 126 Å². The van der Waals surface area contributed by atoms with Gasteiger partial charge in [0.05, 0.1) is 16.8 Å². The average molecular weight is 766 g/mol. The van der Waals surface area contributed by atoms with Gasteiger partial charge < -0.3 is 9.15 Å². The standard InChI is InChI=1S/C38H26N4O2.Pt/c1-25-11-9-12-26(2)37(25)42-23-34(40-41-42)27-21-36(43-24-27)44-29-14-10-13-28(22-29)38(35-19-7-8-20-39-35)32-17-5-3-15-30(32)31-16-4-6-18-33(31)38;/h3-20,23-24H,1-2H3;/q-2;+2. The second-order valence-electron chi connectivity index (χ2n) is 10.9. The second-order valence-corrected chi connectivity index (χ2v) is 10.9. The van der Waals surface area contributed by atoms with Crippen LogP contribution in [-0.4, -0.2) is 20.0 Å². The van der Waals surface area contributed by atoms with Crippen molar-refractivity contribution in [2.45, 2.75) is 19.3 Å². The number of nitrogens with zero attached hydrogens (tertiary/aromatic N) is 4. The van der Waals surface area contributed by atoms with Gasteiger partial charge in [-0.15, -0.1) is 23.3 Å². The van der Waals surface area contributed by atoms with E-state index >= 15 is 0 Å². The Bertz CT molecular complexity index is 2090. The van der Waals surface area contributed by atoms with Gasteiger partial charge in [-0.05, 0) is 65.6 Å². The van der Waals surface area contributed by atoms with Gasteiger partial charge in [-0.3, -0.25) is 4.98 Å². The Labute approximate surface area is 275 Å². The molecule has 0 fully saturated rings. The van der Waals surface area contributed by atoms with Crippen LogP contribution in [0.4, 0.5) is 0 Å². The van der Waals surface area contributed by atoms with Gasteiger partial charge in [0.25, 0.3) is 0 Å². The number of aryl methyl sites for hydroxylation is 2. The third kappa shape index (κ3) is 4.65. The van der Waals surface area contributed by atoms with E-state index in [1.165, 1.54) is 11.1 Å². The molecule has 3 heterocycles. The molecule has 0 spiro atoms. The van der Waals surface area contributed by atoms with Gasteiger partial charge in [-0.25, -0.2) is 4.68 Å². The van der Waals surface area contributed by atoms with Crippen molar-refractivity contribution in [2.75, 3.05) is 0 Å². The zero-order valence-electron chi connectivity index (χ0n) is 24.5. The number of aromatic nitrogens is 4. The Hall–Kier alpha value is -5.06. The van der Waals surface area contributed by atoms with Gasteiger partial charge in [0.1, 0.15) is 0 Å². The summed E-state index contributed by atoms with van der Waals surface area (Å²) in [4.78, 5) is 4.89. The summed E-state index contributed by atoms with van der Waals surface area (Å²) in [5.74, 6) is 0.727. The van der Waals surface area contributed by atoms with Gasteiger partial charge in [0.2, 0.25) is 5.95 Å². The molecule has 220 valence electrons. The monoisotopic (exact) mass is 765 g/mol. The molecule has 4 aromatic carbocycles. The normalized spacial score (nSPS) is 12.7. The number of ether oxygens (including phenoxy) is 1. The molecular weight excluding hydrogens is 740 g/mol. The summed E-state index contributed by atoms with van der Waals surface area (Å²) in [6.07, 6.45) is 5.30. The molecule has 0 amide bonds. The van der Waals surface area contributed by atoms with E-state index in [0.29, 0.717) is 17.0 Å². The first-order chi connectivity index (χ1) is 21.6. The molecule has 7 aromatic rings. The topological polar surface area (TPSA) is 66.0 Å². The van der Waals surface area contributed by atoms with Crippen LogP contribution in [0.5, 0.6) is 11.7 Å². The fourth-order valence-corrected chi connectivity index (χ4v) is 6.47. The Morgan fingerprint density at radius 1 is 0.756 bits per heavy atom. The smallest absolute Gasteiger partial charge is 0.507 e. The van der Waals surface area contributed by atoms with E-state index in [0.717, 1.165) is 39.2 Å². The summed E-state index contributed by atoms with van der Waals surface area (Å²) >= 11 is 0. The van der Waals surface area contributed by atoms with Crippen molar-refractivity contribution < 1.29 is 30.2 Å². The van der Waals surface area contributed by atoms with Crippen LogP contribution in [0.3, 0.4) is 0 Å². The maximum atomic E-state index is 6.21. The molecule has 0 unspecified atom stereocenters. The molecule has 0 saturated carbocycles. The first-order valence-electron chi connectivity index (χ1n) is 14.4. The number of para-hydroxylation sites is 1. The Balaban J connectivity index is 0.00000325. The minimum Gasteiger partial charge on any atom is -0.507 e. The van der Waals surface area contributed by atoms with Crippen LogP contribution in [0, 0.1) is 26.0 Å². The maximum Gasteiger partial charge on any atom is 2.00 e. The SMILES string of the molecule is Cc1cccc(C)c1-n1cc(-c2[c-]c(Oc3[c-]c(C4(c5ccccn5)c5ccccc5-c5ccccc54)ccc3)oc2)nn1.[Pt+2]. The number of benzene rings is 4. The molecule has 3 aromatic heterocycles. The van der Waals surface area contributed by atoms with E-state index in [1.807, 2.05) is 42.7 Å². The van der Waals surface area contributed by atoms with E-state index in [9.17, 15) is 0 Å². The van der Waals surface area contributed by atoms with E-state index in [2.05, 4.69) is 109 Å². The summed E-state index contributed by atoms with van der Waals surface area (Å²) in [5.41, 5.74) is 10.4. The van der Waals surface area contributed by atoms with Gasteiger partial charge in [0, 0.05) is 23.8 Å². The molecule has 7 heteroatoms. The van der Waals surface area contributed by atoms with Crippen molar-refractivity contribution in [1.29, 1.82) is 0 Å². The van der Waals surface area contributed by atoms with E-state index < -0.39 is 5.41 Å². The van der Waals surface area contributed by atoms with Crippen LogP contribution < -0.4 is 4.74 Å². The summed E-state index contributed by atoms with van der Waals surface area (Å²) in [6.45, 7) is 4.12. The second kappa shape index (κ2) is 11.5. The third-order valence-corrected chi connectivity index (χ3v) is 8.33. The van der Waals surface area contributed by atoms with Crippen LogP contribution in [0.2, 0.25) is 0 Å². The Kier molecular flexibility index (Phi) is 7.31. The van der Waals surface area contributed by atoms with Crippen molar-refractivity contribution in [1.82, 2.24) is 20.0 Å². The van der Waals surface area contributed by atoms with Crippen molar-refractivity contribution in [3.05, 3.63) is 167 Å². The minimum atomic E-state index is -0.669. The number of fused-ring (bicyclic) bond motifs is 3. The Morgan fingerprint density at radius 3 is 2.16 bits per heavy atom. The van der Waals surface area contributed by atoms with Crippen molar-refractivity contribution >= 4 is 0 Å². The number of rotatable bonds is 6. The van der Waals surface area contributed by atoms with Crippen molar-refractivity contribution in [3.63, 3.8) is 0 Å². The number of furan rings is 1. The zero-order chi connectivity index (χ0) is 29.7. The van der Waals surface area contributed by atoms with Gasteiger partial charge in [-0.1, -0.05) is 84.1 Å². The molecule has 8 rings (SSSR count).